The number of benzene rings is 1. The van der Waals surface area contributed by atoms with Crippen LogP contribution >= 0.6 is 0 Å². The standard InChI is InChI=1S/C19H24N4O5/c1-19(14-7-9-15(10-8-14)23(27)28)17(25)22(18(26)21-19)12-16(24)20-11-13-5-3-2-4-6-13/h7-10,13H,2-6,11-12H2,1H3,(H,20,24)(H,21,26)/t19-/m1/s1. The summed E-state index contributed by atoms with van der Waals surface area (Å²) >= 11 is 0. The Morgan fingerprint density at radius 1 is 1.25 bits per heavy atom. The minimum absolute atomic E-state index is 0.108. The van der Waals surface area contributed by atoms with Crippen LogP contribution in [0.2, 0.25) is 0 Å². The molecule has 1 heterocycles. The fourth-order valence-corrected chi connectivity index (χ4v) is 3.80. The molecule has 3 rings (SSSR count). The van der Waals surface area contributed by atoms with Crippen molar-refractivity contribution in [2.75, 3.05) is 13.1 Å². The highest BCUT2D eigenvalue weighted by Gasteiger charge is 2.49. The third kappa shape index (κ3) is 3.97. The molecule has 0 radical (unpaired) electrons. The minimum atomic E-state index is -1.37. The number of nitro groups is 1. The summed E-state index contributed by atoms with van der Waals surface area (Å²) in [5.74, 6) is -0.479. The van der Waals surface area contributed by atoms with Crippen molar-refractivity contribution in [2.45, 2.75) is 44.6 Å². The molecule has 1 saturated carbocycles. The van der Waals surface area contributed by atoms with Gasteiger partial charge in [0.15, 0.2) is 0 Å². The molecule has 2 N–H and O–H groups in total. The lowest BCUT2D eigenvalue weighted by atomic mass is 9.89. The van der Waals surface area contributed by atoms with Crippen molar-refractivity contribution in [2.24, 2.45) is 5.92 Å². The van der Waals surface area contributed by atoms with Crippen LogP contribution in [0.15, 0.2) is 24.3 Å². The zero-order valence-electron chi connectivity index (χ0n) is 15.8. The van der Waals surface area contributed by atoms with Crippen molar-refractivity contribution in [1.29, 1.82) is 0 Å². The number of urea groups is 1. The highest BCUT2D eigenvalue weighted by Crippen LogP contribution is 2.30. The molecule has 9 nitrogen and oxygen atoms in total. The molecule has 1 aromatic rings. The average Bonchev–Trinajstić information content (AvgIpc) is 2.91. The van der Waals surface area contributed by atoms with Crippen LogP contribution in [0.25, 0.3) is 0 Å². The molecule has 0 unspecified atom stereocenters. The topological polar surface area (TPSA) is 122 Å². The summed E-state index contributed by atoms with van der Waals surface area (Å²) in [6.07, 6.45) is 5.74. The van der Waals surface area contributed by atoms with E-state index < -0.39 is 22.4 Å². The second kappa shape index (κ2) is 7.95. The molecular formula is C19H24N4O5. The number of nitrogens with zero attached hydrogens (tertiary/aromatic N) is 2. The van der Waals surface area contributed by atoms with Crippen LogP contribution in [0.5, 0.6) is 0 Å². The number of rotatable bonds is 6. The lowest BCUT2D eigenvalue weighted by Crippen LogP contribution is -2.44. The molecule has 1 atom stereocenters. The molecule has 150 valence electrons. The maximum absolute atomic E-state index is 12.8. The molecule has 4 amide bonds. The van der Waals surface area contributed by atoms with Gasteiger partial charge in [-0.2, -0.15) is 0 Å². The summed E-state index contributed by atoms with van der Waals surface area (Å²) in [7, 11) is 0. The van der Waals surface area contributed by atoms with Crippen molar-refractivity contribution >= 4 is 23.5 Å². The summed E-state index contributed by atoms with van der Waals surface area (Å²) in [5, 5.41) is 16.2. The van der Waals surface area contributed by atoms with E-state index in [2.05, 4.69) is 10.6 Å². The molecule has 1 aromatic carbocycles. The molecule has 1 aliphatic carbocycles. The average molecular weight is 388 g/mol. The van der Waals surface area contributed by atoms with Crippen molar-refractivity contribution in [3.05, 3.63) is 39.9 Å². The van der Waals surface area contributed by atoms with Gasteiger partial charge >= 0.3 is 6.03 Å². The second-order valence-electron chi connectivity index (χ2n) is 7.56. The van der Waals surface area contributed by atoms with Crippen LogP contribution in [0.1, 0.15) is 44.6 Å². The molecule has 1 saturated heterocycles. The van der Waals surface area contributed by atoms with Gasteiger partial charge in [-0.1, -0.05) is 19.3 Å². The molecule has 9 heteroatoms. The molecule has 2 aliphatic rings. The number of carbonyl (C=O) groups excluding carboxylic acids is 3. The van der Waals surface area contributed by atoms with Gasteiger partial charge in [0.2, 0.25) is 5.91 Å². The summed E-state index contributed by atoms with van der Waals surface area (Å²) in [5.41, 5.74) is -1.06. The Morgan fingerprint density at radius 2 is 1.89 bits per heavy atom. The number of imide groups is 1. The van der Waals surface area contributed by atoms with Crippen molar-refractivity contribution in [3.63, 3.8) is 0 Å². The van der Waals surface area contributed by atoms with Crippen molar-refractivity contribution < 1.29 is 19.3 Å². The monoisotopic (exact) mass is 388 g/mol. The van der Waals surface area contributed by atoms with Gasteiger partial charge < -0.3 is 10.6 Å². The Labute approximate surface area is 162 Å². The van der Waals surface area contributed by atoms with E-state index in [1.54, 1.807) is 0 Å². The van der Waals surface area contributed by atoms with Gasteiger partial charge in [-0.15, -0.1) is 0 Å². The third-order valence-electron chi connectivity index (χ3n) is 5.54. The maximum atomic E-state index is 12.8. The van der Waals surface area contributed by atoms with E-state index in [9.17, 15) is 24.5 Å². The number of amides is 4. The van der Waals surface area contributed by atoms with Gasteiger partial charge in [0.1, 0.15) is 12.1 Å². The van der Waals surface area contributed by atoms with Crippen molar-refractivity contribution in [3.8, 4) is 0 Å². The first-order valence-electron chi connectivity index (χ1n) is 9.47. The maximum Gasteiger partial charge on any atom is 0.325 e. The first-order chi connectivity index (χ1) is 13.3. The normalized spacial score (nSPS) is 22.8. The molecule has 0 aromatic heterocycles. The van der Waals surface area contributed by atoms with Crippen LogP contribution in [0.4, 0.5) is 10.5 Å². The highest BCUT2D eigenvalue weighted by atomic mass is 16.6. The third-order valence-corrected chi connectivity index (χ3v) is 5.54. The first-order valence-corrected chi connectivity index (χ1v) is 9.47. The SMILES string of the molecule is C[C@]1(c2ccc([N+](=O)[O-])cc2)NC(=O)N(CC(=O)NCC2CCCCC2)C1=O. The Balaban J connectivity index is 1.63. The fourth-order valence-electron chi connectivity index (χ4n) is 3.80. The molecule has 1 aliphatic heterocycles. The number of carbonyl (C=O) groups is 3. The lowest BCUT2D eigenvalue weighted by Gasteiger charge is -2.23. The van der Waals surface area contributed by atoms with E-state index in [-0.39, 0.29) is 18.1 Å². The van der Waals surface area contributed by atoms with Crippen LogP contribution < -0.4 is 10.6 Å². The lowest BCUT2D eigenvalue weighted by molar-refractivity contribution is -0.384. The zero-order chi connectivity index (χ0) is 20.3. The second-order valence-corrected chi connectivity index (χ2v) is 7.56. The van der Waals surface area contributed by atoms with Crippen LogP contribution in [0.3, 0.4) is 0 Å². The Bertz CT molecular complexity index is 788. The largest absolute Gasteiger partial charge is 0.354 e. The van der Waals surface area contributed by atoms with E-state index in [1.807, 2.05) is 0 Å². The summed E-state index contributed by atoms with van der Waals surface area (Å²) < 4.78 is 0. The minimum Gasteiger partial charge on any atom is -0.354 e. The first kappa shape index (κ1) is 19.8. The Morgan fingerprint density at radius 3 is 2.50 bits per heavy atom. The van der Waals surface area contributed by atoms with E-state index in [4.69, 9.17) is 0 Å². The number of nitrogens with one attached hydrogen (secondary N) is 2. The molecule has 0 bridgehead atoms. The molecule has 2 fully saturated rings. The van der Waals surface area contributed by atoms with Gasteiger partial charge in [0.05, 0.1) is 4.92 Å². The van der Waals surface area contributed by atoms with E-state index >= 15 is 0 Å². The number of non-ortho nitro benzene ring substituents is 1. The number of hydrogen-bond acceptors (Lipinski definition) is 5. The Kier molecular flexibility index (Phi) is 5.62. The quantitative estimate of drug-likeness (QED) is 0.439. The fraction of sp³-hybridized carbons (Fsp3) is 0.526. The van der Waals surface area contributed by atoms with Crippen LogP contribution in [-0.4, -0.2) is 40.8 Å². The zero-order valence-corrected chi connectivity index (χ0v) is 15.8. The molecular weight excluding hydrogens is 364 g/mol. The summed E-state index contributed by atoms with van der Waals surface area (Å²) in [4.78, 5) is 48.5. The summed E-state index contributed by atoms with van der Waals surface area (Å²) in [6.45, 7) is 1.73. The predicted molar refractivity (Wildman–Crippen MR) is 100 cm³/mol. The number of hydrogen-bond donors (Lipinski definition) is 2. The van der Waals surface area contributed by atoms with E-state index in [1.165, 1.54) is 50.5 Å². The summed E-state index contributed by atoms with van der Waals surface area (Å²) in [6, 6.07) is 4.77. The Hall–Kier alpha value is -2.97. The van der Waals surface area contributed by atoms with Crippen LogP contribution in [0, 0.1) is 16.0 Å². The van der Waals surface area contributed by atoms with Gasteiger partial charge in [-0.3, -0.25) is 24.6 Å². The van der Waals surface area contributed by atoms with E-state index in [0.29, 0.717) is 18.0 Å². The highest BCUT2D eigenvalue weighted by molar-refractivity contribution is 6.09. The number of nitro benzene ring substituents is 1. The van der Waals surface area contributed by atoms with Crippen molar-refractivity contribution in [1.82, 2.24) is 15.5 Å². The molecule has 0 spiro atoms. The van der Waals surface area contributed by atoms with Crippen LogP contribution in [-0.2, 0) is 15.1 Å². The smallest absolute Gasteiger partial charge is 0.325 e. The van der Waals surface area contributed by atoms with Gasteiger partial charge in [-0.05, 0) is 43.4 Å². The van der Waals surface area contributed by atoms with E-state index in [0.717, 1.165) is 17.7 Å². The van der Waals surface area contributed by atoms with Gasteiger partial charge in [-0.25, -0.2) is 4.79 Å². The molecule has 28 heavy (non-hydrogen) atoms. The predicted octanol–water partition coefficient (Wildman–Crippen LogP) is 2.06. The van der Waals surface area contributed by atoms with Gasteiger partial charge in [0, 0.05) is 18.7 Å². The van der Waals surface area contributed by atoms with Gasteiger partial charge in [0.25, 0.3) is 11.6 Å².